The van der Waals surface area contributed by atoms with E-state index in [0.29, 0.717) is 27.2 Å². The number of hydrogen-bond acceptors (Lipinski definition) is 7. The Bertz CT molecular complexity index is 2110. The van der Waals surface area contributed by atoms with E-state index in [0.717, 1.165) is 39.4 Å². The predicted molar refractivity (Wildman–Crippen MR) is 181 cm³/mol. The number of nitrogens with zero attached hydrogens (tertiary/aromatic N) is 4. The van der Waals surface area contributed by atoms with Gasteiger partial charge in [-0.25, -0.2) is 14.5 Å². The maximum absolute atomic E-state index is 14.3. The van der Waals surface area contributed by atoms with Gasteiger partial charge in [0.1, 0.15) is 11.4 Å². The van der Waals surface area contributed by atoms with Gasteiger partial charge in [0, 0.05) is 17.3 Å². The van der Waals surface area contributed by atoms with Crippen LogP contribution in [0.5, 0.6) is 5.75 Å². The van der Waals surface area contributed by atoms with Crippen LogP contribution >= 0.6 is 11.3 Å². The Morgan fingerprint density at radius 3 is 2.33 bits per heavy atom. The normalized spacial score (nSPS) is 15.0. The molecule has 2 aromatic heterocycles. The van der Waals surface area contributed by atoms with E-state index in [4.69, 9.17) is 19.6 Å². The van der Waals surface area contributed by atoms with Gasteiger partial charge in [0.2, 0.25) is 0 Å². The first-order valence-electron chi connectivity index (χ1n) is 15.2. The van der Waals surface area contributed by atoms with Crippen LogP contribution in [0.4, 0.5) is 0 Å². The van der Waals surface area contributed by atoms with Crippen molar-refractivity contribution >= 4 is 23.4 Å². The highest BCUT2D eigenvalue weighted by Gasteiger charge is 2.33. The Morgan fingerprint density at radius 2 is 1.70 bits per heavy atom. The van der Waals surface area contributed by atoms with Crippen molar-refractivity contribution in [2.75, 3.05) is 13.7 Å². The summed E-state index contributed by atoms with van der Waals surface area (Å²) in [6.45, 7) is 10.8. The average molecular weight is 633 g/mol. The number of methoxy groups -OCH3 is 1. The van der Waals surface area contributed by atoms with Crippen LogP contribution in [0.2, 0.25) is 0 Å². The average Bonchev–Trinajstić information content (AvgIpc) is 3.61. The lowest BCUT2D eigenvalue weighted by atomic mass is 9.85. The van der Waals surface area contributed by atoms with Crippen LogP contribution in [0, 0.1) is 0 Å². The topological polar surface area (TPSA) is 87.7 Å². The van der Waals surface area contributed by atoms with Gasteiger partial charge in [0.05, 0.1) is 41.2 Å². The summed E-state index contributed by atoms with van der Waals surface area (Å²) in [6, 6.07) is 25.0. The van der Waals surface area contributed by atoms with Gasteiger partial charge in [-0.1, -0.05) is 74.6 Å². The molecule has 0 radical (unpaired) electrons. The SMILES string of the molecule is CCOc1ccc(-c2nn(-c3ccccc3)cc2/C=c2\sc3n(c2=O)[C@@H](c2ccc(C(C)(C)C)cc2)C(C(=O)OC)=C(C)N=3)cc1. The fourth-order valence-corrected chi connectivity index (χ4v) is 6.66. The maximum atomic E-state index is 14.3. The van der Waals surface area contributed by atoms with Crippen LogP contribution in [-0.4, -0.2) is 34.0 Å². The highest BCUT2D eigenvalue weighted by Crippen LogP contribution is 2.32. The maximum Gasteiger partial charge on any atom is 0.338 e. The number of thiazole rings is 1. The monoisotopic (exact) mass is 632 g/mol. The molecule has 0 spiro atoms. The first kappa shape index (κ1) is 31.0. The van der Waals surface area contributed by atoms with Gasteiger partial charge in [0.25, 0.3) is 5.56 Å². The standard InChI is InChI=1S/C37H36N4O4S/c1-7-45-29-19-15-24(16-20-29)32-26(22-40(39-32)28-11-9-8-10-12-28)21-30-34(42)41-33(25-13-17-27(18-14-25)37(3,4)5)31(35(43)44-6)23(2)38-36(41)46-30/h8-22,33H,7H2,1-6H3/b30-21-/t33-/m0/s1. The number of para-hydroxylation sites is 1. The third-order valence-electron chi connectivity index (χ3n) is 8.01. The van der Waals surface area contributed by atoms with E-state index < -0.39 is 12.0 Å². The first-order valence-corrected chi connectivity index (χ1v) is 16.0. The number of hydrogen-bond donors (Lipinski definition) is 0. The predicted octanol–water partition coefficient (Wildman–Crippen LogP) is 5.96. The number of allylic oxidation sites excluding steroid dienone is 1. The van der Waals surface area contributed by atoms with Crippen LogP contribution in [-0.2, 0) is 14.9 Å². The van der Waals surface area contributed by atoms with Gasteiger partial charge in [-0.2, -0.15) is 5.10 Å². The third-order valence-corrected chi connectivity index (χ3v) is 8.99. The highest BCUT2D eigenvalue weighted by atomic mass is 32.1. The zero-order valence-corrected chi connectivity index (χ0v) is 27.6. The summed E-state index contributed by atoms with van der Waals surface area (Å²) >= 11 is 1.29. The first-order chi connectivity index (χ1) is 22.1. The lowest BCUT2D eigenvalue weighted by Gasteiger charge is -2.25. The molecule has 3 heterocycles. The fraction of sp³-hybridized carbons (Fsp3) is 0.243. The Kier molecular flexibility index (Phi) is 8.35. The molecule has 6 rings (SSSR count). The van der Waals surface area contributed by atoms with E-state index in [1.165, 1.54) is 18.4 Å². The van der Waals surface area contributed by atoms with Crippen molar-refractivity contribution in [1.82, 2.24) is 14.3 Å². The van der Waals surface area contributed by atoms with Gasteiger partial charge in [-0.3, -0.25) is 9.36 Å². The Hall–Kier alpha value is -5.02. The van der Waals surface area contributed by atoms with Crippen molar-refractivity contribution in [3.63, 3.8) is 0 Å². The molecule has 0 fully saturated rings. The molecule has 1 aliphatic heterocycles. The smallest absolute Gasteiger partial charge is 0.338 e. The number of carbonyl (C=O) groups is 1. The number of esters is 1. The number of fused-ring (bicyclic) bond motifs is 1. The molecule has 46 heavy (non-hydrogen) atoms. The van der Waals surface area contributed by atoms with Crippen LogP contribution in [0.3, 0.4) is 0 Å². The third kappa shape index (κ3) is 5.86. The Labute approximate surface area is 271 Å². The Balaban J connectivity index is 1.53. The molecule has 5 aromatic rings. The summed E-state index contributed by atoms with van der Waals surface area (Å²) < 4.78 is 14.7. The molecule has 0 unspecified atom stereocenters. The molecule has 0 N–H and O–H groups in total. The van der Waals surface area contributed by atoms with E-state index in [1.807, 2.05) is 90.6 Å². The summed E-state index contributed by atoms with van der Waals surface area (Å²) in [6.07, 6.45) is 3.78. The second-order valence-electron chi connectivity index (χ2n) is 12.1. The molecule has 8 nitrogen and oxygen atoms in total. The summed E-state index contributed by atoms with van der Waals surface area (Å²) in [4.78, 5) is 32.7. The summed E-state index contributed by atoms with van der Waals surface area (Å²) in [5.41, 5.74) is 5.82. The molecular formula is C37H36N4O4S. The van der Waals surface area contributed by atoms with Crippen molar-refractivity contribution in [2.45, 2.75) is 46.1 Å². The van der Waals surface area contributed by atoms with Crippen molar-refractivity contribution in [1.29, 1.82) is 0 Å². The molecular weight excluding hydrogens is 596 g/mol. The van der Waals surface area contributed by atoms with Crippen molar-refractivity contribution in [2.24, 2.45) is 4.99 Å². The number of aromatic nitrogens is 3. The second-order valence-corrected chi connectivity index (χ2v) is 13.1. The number of benzene rings is 3. The van der Waals surface area contributed by atoms with Gasteiger partial charge < -0.3 is 9.47 Å². The number of carbonyl (C=O) groups excluding carboxylic acids is 1. The quantitative estimate of drug-likeness (QED) is 0.207. The molecule has 0 saturated heterocycles. The van der Waals surface area contributed by atoms with Crippen LogP contribution < -0.4 is 19.6 Å². The molecule has 0 aliphatic carbocycles. The number of rotatable bonds is 7. The van der Waals surface area contributed by atoms with Crippen LogP contribution in [0.1, 0.15) is 57.4 Å². The summed E-state index contributed by atoms with van der Waals surface area (Å²) in [7, 11) is 1.35. The molecule has 1 atom stereocenters. The molecule has 0 bridgehead atoms. The van der Waals surface area contributed by atoms with E-state index in [1.54, 1.807) is 11.5 Å². The van der Waals surface area contributed by atoms with Gasteiger partial charge in [0.15, 0.2) is 4.80 Å². The van der Waals surface area contributed by atoms with E-state index in [2.05, 4.69) is 32.9 Å². The molecule has 0 saturated carbocycles. The fourth-order valence-electron chi connectivity index (χ4n) is 5.62. The Morgan fingerprint density at radius 1 is 1.00 bits per heavy atom. The lowest BCUT2D eigenvalue weighted by Crippen LogP contribution is -2.39. The van der Waals surface area contributed by atoms with E-state index in [9.17, 15) is 9.59 Å². The molecule has 234 valence electrons. The summed E-state index contributed by atoms with van der Waals surface area (Å²) in [5, 5.41) is 4.93. The van der Waals surface area contributed by atoms with Gasteiger partial charge >= 0.3 is 5.97 Å². The number of ether oxygens (including phenoxy) is 2. The van der Waals surface area contributed by atoms with Crippen LogP contribution in [0.15, 0.2) is 106 Å². The largest absolute Gasteiger partial charge is 0.494 e. The van der Waals surface area contributed by atoms with Gasteiger partial charge in [-0.05, 0) is 72.9 Å². The second kappa shape index (κ2) is 12.4. The van der Waals surface area contributed by atoms with Gasteiger partial charge in [-0.15, -0.1) is 0 Å². The van der Waals surface area contributed by atoms with Crippen molar-refractivity contribution in [3.8, 4) is 22.7 Å². The molecule has 3 aromatic carbocycles. The zero-order chi connectivity index (χ0) is 32.6. The highest BCUT2D eigenvalue weighted by molar-refractivity contribution is 7.07. The van der Waals surface area contributed by atoms with E-state index in [-0.39, 0.29) is 11.0 Å². The molecule has 0 amide bonds. The van der Waals surface area contributed by atoms with Crippen molar-refractivity contribution < 1.29 is 14.3 Å². The van der Waals surface area contributed by atoms with Crippen LogP contribution in [0.25, 0.3) is 23.0 Å². The van der Waals surface area contributed by atoms with E-state index >= 15 is 0 Å². The zero-order valence-electron chi connectivity index (χ0n) is 26.8. The minimum Gasteiger partial charge on any atom is -0.494 e. The lowest BCUT2D eigenvalue weighted by molar-refractivity contribution is -0.136. The molecule has 9 heteroatoms. The summed E-state index contributed by atoms with van der Waals surface area (Å²) in [5.74, 6) is 0.262. The minimum absolute atomic E-state index is 0.0465. The van der Waals surface area contributed by atoms with Crippen molar-refractivity contribution in [3.05, 3.63) is 133 Å². The molecule has 1 aliphatic rings. The minimum atomic E-state index is -0.683.